The molecule has 6 nitrogen and oxygen atoms in total. The number of hydrogen-bond donors (Lipinski definition) is 0. The Bertz CT molecular complexity index is 860. The van der Waals surface area contributed by atoms with Gasteiger partial charge in [0.1, 0.15) is 5.75 Å². The summed E-state index contributed by atoms with van der Waals surface area (Å²) in [6, 6.07) is 3.92. The molecule has 6 rings (SSSR count). The highest BCUT2D eigenvalue weighted by molar-refractivity contribution is 5.94. The van der Waals surface area contributed by atoms with Crippen molar-refractivity contribution in [2.24, 2.45) is 23.7 Å². The number of hydrogen-bond acceptors (Lipinski definition) is 6. The first-order chi connectivity index (χ1) is 12.6. The van der Waals surface area contributed by atoms with Gasteiger partial charge >= 0.3 is 0 Å². The van der Waals surface area contributed by atoms with Crippen molar-refractivity contribution in [2.45, 2.75) is 32.0 Å². The predicted octanol–water partition coefficient (Wildman–Crippen LogP) is 2.97. The Morgan fingerprint density at radius 3 is 2.69 bits per heavy atom. The van der Waals surface area contributed by atoms with E-state index in [0.29, 0.717) is 23.3 Å². The third kappa shape index (κ3) is 1.64. The van der Waals surface area contributed by atoms with Crippen molar-refractivity contribution in [2.75, 3.05) is 13.6 Å². The molecular weight excluding hydrogens is 336 g/mol. The first-order valence-corrected chi connectivity index (χ1v) is 9.24. The molecule has 2 fully saturated rings. The Hall–Kier alpha value is -2.21. The van der Waals surface area contributed by atoms with Crippen molar-refractivity contribution < 1.29 is 28.5 Å². The Morgan fingerprint density at radius 2 is 1.85 bits per heavy atom. The lowest BCUT2D eigenvalue weighted by Gasteiger charge is -2.54. The SMILES string of the molecule is C[C@@H]1[C@H]2c3cc4c(cc3O[C@@]35OCOC3=CC(=O)[C@@H](C[C@H]1C)[C@@H]25)OCO4. The van der Waals surface area contributed by atoms with Gasteiger partial charge in [-0.25, -0.2) is 0 Å². The Morgan fingerprint density at radius 1 is 1.04 bits per heavy atom. The van der Waals surface area contributed by atoms with Crippen LogP contribution in [0.1, 0.15) is 31.7 Å². The molecule has 1 aromatic carbocycles. The topological polar surface area (TPSA) is 63.2 Å². The van der Waals surface area contributed by atoms with E-state index in [1.807, 2.05) is 12.1 Å². The van der Waals surface area contributed by atoms with Crippen molar-refractivity contribution in [3.63, 3.8) is 0 Å². The molecule has 2 aliphatic carbocycles. The highest BCUT2D eigenvalue weighted by Crippen LogP contribution is 2.63. The molecule has 26 heavy (non-hydrogen) atoms. The number of rotatable bonds is 0. The Balaban J connectivity index is 1.61. The summed E-state index contributed by atoms with van der Waals surface area (Å²) in [6.07, 6.45) is 2.44. The molecule has 1 saturated heterocycles. The third-order valence-electron chi connectivity index (χ3n) is 6.94. The van der Waals surface area contributed by atoms with Crippen molar-refractivity contribution in [3.8, 4) is 17.2 Å². The van der Waals surface area contributed by atoms with E-state index in [4.69, 9.17) is 23.7 Å². The monoisotopic (exact) mass is 356 g/mol. The first kappa shape index (κ1) is 14.9. The predicted molar refractivity (Wildman–Crippen MR) is 88.7 cm³/mol. The van der Waals surface area contributed by atoms with Crippen LogP contribution in [0.2, 0.25) is 0 Å². The van der Waals surface area contributed by atoms with E-state index in [2.05, 4.69) is 13.8 Å². The third-order valence-corrected chi connectivity index (χ3v) is 6.94. The smallest absolute Gasteiger partial charge is 0.276 e. The van der Waals surface area contributed by atoms with Crippen LogP contribution < -0.4 is 14.2 Å². The van der Waals surface area contributed by atoms with Crippen LogP contribution in [0.5, 0.6) is 17.2 Å². The minimum Gasteiger partial charge on any atom is -0.465 e. The zero-order valence-electron chi connectivity index (χ0n) is 14.7. The van der Waals surface area contributed by atoms with Crippen LogP contribution in [0.25, 0.3) is 0 Å². The zero-order valence-corrected chi connectivity index (χ0v) is 14.7. The summed E-state index contributed by atoms with van der Waals surface area (Å²) >= 11 is 0. The summed E-state index contributed by atoms with van der Waals surface area (Å²) < 4.78 is 29.3. The van der Waals surface area contributed by atoms with Gasteiger partial charge in [-0.2, -0.15) is 0 Å². The zero-order chi connectivity index (χ0) is 17.6. The summed E-state index contributed by atoms with van der Waals surface area (Å²) in [5.74, 6) is 2.54. The number of fused-ring (bicyclic) bond motifs is 3. The quantitative estimate of drug-likeness (QED) is 0.712. The van der Waals surface area contributed by atoms with E-state index >= 15 is 0 Å². The lowest BCUT2D eigenvalue weighted by atomic mass is 9.55. The number of carbonyl (C=O) groups excluding carboxylic acids is 1. The summed E-state index contributed by atoms with van der Waals surface area (Å²) in [4.78, 5) is 12.8. The van der Waals surface area contributed by atoms with Crippen LogP contribution in [0.4, 0.5) is 0 Å². The van der Waals surface area contributed by atoms with E-state index < -0.39 is 5.79 Å². The maximum atomic E-state index is 12.8. The van der Waals surface area contributed by atoms with Gasteiger partial charge in [0.15, 0.2) is 29.8 Å². The maximum Gasteiger partial charge on any atom is 0.276 e. The number of allylic oxidation sites excluding steroid dienone is 1. The van der Waals surface area contributed by atoms with Gasteiger partial charge in [-0.05, 0) is 24.3 Å². The normalized spacial score (nSPS) is 41.4. The van der Waals surface area contributed by atoms with E-state index in [0.717, 1.165) is 23.5 Å². The molecule has 0 amide bonds. The molecule has 5 aliphatic rings. The molecular formula is C20H20O6. The molecule has 0 bridgehead atoms. The minimum absolute atomic E-state index is 0.0865. The summed E-state index contributed by atoms with van der Waals surface area (Å²) in [5, 5.41) is 0. The second-order valence-electron chi connectivity index (χ2n) is 8.06. The average molecular weight is 356 g/mol. The number of benzene rings is 1. The molecule has 1 aromatic rings. The van der Waals surface area contributed by atoms with Crippen LogP contribution in [0, 0.1) is 23.7 Å². The number of ether oxygens (including phenoxy) is 5. The second kappa shape index (κ2) is 4.74. The van der Waals surface area contributed by atoms with Gasteiger partial charge in [0.2, 0.25) is 6.79 Å². The molecule has 1 spiro atoms. The van der Waals surface area contributed by atoms with Crippen molar-refractivity contribution in [3.05, 3.63) is 29.5 Å². The molecule has 136 valence electrons. The standard InChI is InChI=1S/C20H20O6/c1-9-3-11-13(21)5-17-20(25-8-24-17)19(11)18(10(9)2)12-4-15-16(23-7-22-15)6-14(12)26-20/h4-6,9-11,18-19H,3,7-8H2,1-2H3/t9-,10+,11-,18+,19+,20+/m1/s1. The molecule has 3 heterocycles. The molecule has 0 radical (unpaired) electrons. The number of ketones is 1. The number of carbonyl (C=O) groups is 1. The van der Waals surface area contributed by atoms with E-state index in [-0.39, 0.29) is 37.1 Å². The Kier molecular flexibility index (Phi) is 2.72. The molecule has 1 saturated carbocycles. The van der Waals surface area contributed by atoms with Crippen LogP contribution in [0.3, 0.4) is 0 Å². The van der Waals surface area contributed by atoms with Crippen molar-refractivity contribution in [1.29, 1.82) is 0 Å². The molecule has 6 heteroatoms. The lowest BCUT2D eigenvalue weighted by molar-refractivity contribution is -0.212. The van der Waals surface area contributed by atoms with Gasteiger partial charge in [-0.15, -0.1) is 0 Å². The highest BCUT2D eigenvalue weighted by Gasteiger charge is 2.66. The van der Waals surface area contributed by atoms with Gasteiger partial charge in [0.25, 0.3) is 5.79 Å². The summed E-state index contributed by atoms with van der Waals surface area (Å²) in [5.41, 5.74) is 1.08. The van der Waals surface area contributed by atoms with Gasteiger partial charge < -0.3 is 18.9 Å². The van der Waals surface area contributed by atoms with E-state index in [1.165, 1.54) is 0 Å². The first-order valence-electron chi connectivity index (χ1n) is 9.24. The van der Waals surface area contributed by atoms with E-state index in [9.17, 15) is 4.79 Å². The minimum atomic E-state index is -1.00. The summed E-state index contributed by atoms with van der Waals surface area (Å²) in [6.45, 7) is 4.82. The van der Waals surface area contributed by atoms with Crippen LogP contribution in [-0.4, -0.2) is 25.2 Å². The van der Waals surface area contributed by atoms with E-state index in [1.54, 1.807) is 6.08 Å². The van der Waals surface area contributed by atoms with Crippen LogP contribution in [-0.2, 0) is 14.3 Å². The Labute approximate surface area is 151 Å². The van der Waals surface area contributed by atoms with Crippen molar-refractivity contribution >= 4 is 5.78 Å². The molecule has 0 aromatic heterocycles. The molecule has 0 unspecified atom stereocenters. The van der Waals surface area contributed by atoms with Crippen LogP contribution >= 0.6 is 0 Å². The average Bonchev–Trinajstić information content (AvgIpc) is 3.23. The fourth-order valence-electron chi connectivity index (χ4n) is 5.55. The van der Waals surface area contributed by atoms with Gasteiger partial charge in [0.05, 0.1) is 0 Å². The summed E-state index contributed by atoms with van der Waals surface area (Å²) in [7, 11) is 0. The van der Waals surface area contributed by atoms with Gasteiger partial charge in [-0.3, -0.25) is 9.53 Å². The molecule has 6 atom stereocenters. The largest absolute Gasteiger partial charge is 0.465 e. The maximum absolute atomic E-state index is 12.8. The second-order valence-corrected chi connectivity index (χ2v) is 8.06. The highest BCUT2D eigenvalue weighted by atomic mass is 16.8. The molecule has 3 aliphatic heterocycles. The van der Waals surface area contributed by atoms with Gasteiger partial charge in [0, 0.05) is 35.5 Å². The van der Waals surface area contributed by atoms with Crippen LogP contribution in [0.15, 0.2) is 24.0 Å². The van der Waals surface area contributed by atoms with Gasteiger partial charge in [-0.1, -0.05) is 13.8 Å². The van der Waals surface area contributed by atoms with Crippen molar-refractivity contribution in [1.82, 2.24) is 0 Å². The fourth-order valence-corrected chi connectivity index (χ4v) is 5.55. The lowest BCUT2D eigenvalue weighted by Crippen LogP contribution is -2.60. The fraction of sp³-hybridized carbons (Fsp3) is 0.550. The molecule has 0 N–H and O–H groups in total.